The van der Waals surface area contributed by atoms with Gasteiger partial charge in [-0.25, -0.2) is 12.7 Å². The number of aliphatic hydroxyl groups excluding tert-OH is 1. The normalized spacial score (nSPS) is 22.7. The van der Waals surface area contributed by atoms with Crippen LogP contribution in [0.5, 0.6) is 5.75 Å². The SMILES string of the molecule is C=CC[C@@]1(CO)CCCN(S(=O)(=O)CCOc2ccccc2)C1. The van der Waals surface area contributed by atoms with E-state index in [2.05, 4.69) is 6.58 Å². The fourth-order valence-electron chi connectivity index (χ4n) is 2.98. The van der Waals surface area contributed by atoms with Crippen molar-refractivity contribution in [3.05, 3.63) is 43.0 Å². The molecule has 0 saturated carbocycles. The lowest BCUT2D eigenvalue weighted by atomic mass is 9.79. The Morgan fingerprint density at radius 1 is 1.35 bits per heavy atom. The van der Waals surface area contributed by atoms with Crippen LogP contribution in [0.15, 0.2) is 43.0 Å². The van der Waals surface area contributed by atoms with Crippen LogP contribution in [0.4, 0.5) is 0 Å². The molecule has 1 fully saturated rings. The van der Waals surface area contributed by atoms with Gasteiger partial charge in [-0.2, -0.15) is 0 Å². The van der Waals surface area contributed by atoms with Crippen LogP contribution in [0, 0.1) is 5.41 Å². The van der Waals surface area contributed by atoms with Crippen molar-refractivity contribution in [3.63, 3.8) is 0 Å². The van der Waals surface area contributed by atoms with Crippen molar-refractivity contribution in [1.82, 2.24) is 4.31 Å². The Morgan fingerprint density at radius 2 is 2.09 bits per heavy atom. The van der Waals surface area contributed by atoms with Gasteiger partial charge in [-0.15, -0.1) is 6.58 Å². The van der Waals surface area contributed by atoms with Gasteiger partial charge in [0.15, 0.2) is 0 Å². The van der Waals surface area contributed by atoms with Crippen molar-refractivity contribution < 1.29 is 18.3 Å². The van der Waals surface area contributed by atoms with Crippen molar-refractivity contribution in [2.45, 2.75) is 19.3 Å². The van der Waals surface area contributed by atoms with Gasteiger partial charge in [0, 0.05) is 18.5 Å². The van der Waals surface area contributed by atoms with E-state index in [0.717, 1.165) is 12.8 Å². The summed E-state index contributed by atoms with van der Waals surface area (Å²) >= 11 is 0. The van der Waals surface area contributed by atoms with Crippen molar-refractivity contribution in [3.8, 4) is 5.75 Å². The third kappa shape index (κ3) is 4.80. The summed E-state index contributed by atoms with van der Waals surface area (Å²) in [4.78, 5) is 0. The molecule has 0 spiro atoms. The van der Waals surface area contributed by atoms with Crippen LogP contribution >= 0.6 is 0 Å². The lowest BCUT2D eigenvalue weighted by Gasteiger charge is -2.40. The van der Waals surface area contributed by atoms with Crippen LogP contribution < -0.4 is 4.74 Å². The number of hydrogen-bond donors (Lipinski definition) is 1. The summed E-state index contributed by atoms with van der Waals surface area (Å²) in [6.45, 7) is 4.68. The molecule has 0 bridgehead atoms. The number of ether oxygens (including phenoxy) is 1. The molecule has 23 heavy (non-hydrogen) atoms. The van der Waals surface area contributed by atoms with E-state index < -0.39 is 15.4 Å². The van der Waals surface area contributed by atoms with Gasteiger partial charge in [-0.1, -0.05) is 24.3 Å². The molecule has 2 rings (SSSR count). The molecule has 0 aromatic heterocycles. The first-order valence-electron chi connectivity index (χ1n) is 7.89. The summed E-state index contributed by atoms with van der Waals surface area (Å²) in [6.07, 6.45) is 3.95. The highest BCUT2D eigenvalue weighted by Gasteiger charge is 2.38. The number of rotatable bonds is 8. The van der Waals surface area contributed by atoms with E-state index in [-0.39, 0.29) is 19.0 Å². The highest BCUT2D eigenvalue weighted by Crippen LogP contribution is 2.34. The molecule has 5 nitrogen and oxygen atoms in total. The molecule has 1 aliphatic heterocycles. The Hall–Kier alpha value is -1.37. The topological polar surface area (TPSA) is 66.8 Å². The number of aliphatic hydroxyl groups is 1. The minimum Gasteiger partial charge on any atom is -0.492 e. The Balaban J connectivity index is 1.94. The number of para-hydroxylation sites is 1. The Morgan fingerprint density at radius 3 is 2.74 bits per heavy atom. The molecular formula is C17H25NO4S. The highest BCUT2D eigenvalue weighted by atomic mass is 32.2. The lowest BCUT2D eigenvalue weighted by molar-refractivity contribution is 0.0668. The molecule has 1 saturated heterocycles. The zero-order chi connectivity index (χ0) is 16.8. The predicted molar refractivity (Wildman–Crippen MR) is 90.9 cm³/mol. The molecule has 1 heterocycles. The average Bonchev–Trinajstić information content (AvgIpc) is 2.56. The minimum absolute atomic E-state index is 0.0223. The Labute approximate surface area is 138 Å². The van der Waals surface area contributed by atoms with Crippen molar-refractivity contribution in [2.24, 2.45) is 5.41 Å². The first-order valence-corrected chi connectivity index (χ1v) is 9.50. The molecule has 0 radical (unpaired) electrons. The smallest absolute Gasteiger partial charge is 0.217 e. The van der Waals surface area contributed by atoms with E-state index in [9.17, 15) is 13.5 Å². The van der Waals surface area contributed by atoms with E-state index in [1.807, 2.05) is 18.2 Å². The number of sulfonamides is 1. The van der Waals surface area contributed by atoms with Gasteiger partial charge < -0.3 is 9.84 Å². The van der Waals surface area contributed by atoms with Gasteiger partial charge in [0.25, 0.3) is 0 Å². The largest absolute Gasteiger partial charge is 0.492 e. The second-order valence-electron chi connectivity index (χ2n) is 6.07. The standard InChI is InChI=1S/C17H25NO4S/c1-2-9-17(15-19)10-6-11-18(14-17)23(20,21)13-12-22-16-7-4-3-5-8-16/h2-5,7-8,19H,1,6,9-15H2/t17-/m1/s1. The van der Waals surface area contributed by atoms with Gasteiger partial charge in [-0.05, 0) is 31.4 Å². The maximum Gasteiger partial charge on any atom is 0.217 e. The van der Waals surface area contributed by atoms with Crippen molar-refractivity contribution >= 4 is 10.0 Å². The fourth-order valence-corrected chi connectivity index (χ4v) is 4.41. The summed E-state index contributed by atoms with van der Waals surface area (Å²) in [5.41, 5.74) is -0.395. The van der Waals surface area contributed by atoms with Gasteiger partial charge in [0.1, 0.15) is 12.4 Å². The van der Waals surface area contributed by atoms with E-state index >= 15 is 0 Å². The summed E-state index contributed by atoms with van der Waals surface area (Å²) in [5.74, 6) is 0.606. The molecule has 0 unspecified atom stereocenters. The monoisotopic (exact) mass is 339 g/mol. The third-order valence-electron chi connectivity index (χ3n) is 4.29. The van der Waals surface area contributed by atoms with Gasteiger partial charge in [0.2, 0.25) is 10.0 Å². The maximum atomic E-state index is 12.5. The van der Waals surface area contributed by atoms with Crippen LogP contribution in [-0.2, 0) is 10.0 Å². The molecule has 1 aromatic rings. The summed E-state index contributed by atoms with van der Waals surface area (Å²) in [6, 6.07) is 9.17. The van der Waals surface area contributed by atoms with Crippen molar-refractivity contribution in [1.29, 1.82) is 0 Å². The number of piperidine rings is 1. The Bertz CT molecular complexity index is 602. The van der Waals surface area contributed by atoms with E-state index in [1.54, 1.807) is 18.2 Å². The highest BCUT2D eigenvalue weighted by molar-refractivity contribution is 7.89. The number of hydrogen-bond acceptors (Lipinski definition) is 4. The van der Waals surface area contributed by atoms with Gasteiger partial charge in [-0.3, -0.25) is 0 Å². The van der Waals surface area contributed by atoms with E-state index in [1.165, 1.54) is 4.31 Å². The van der Waals surface area contributed by atoms with E-state index in [0.29, 0.717) is 25.3 Å². The second kappa shape index (κ2) is 7.95. The maximum absolute atomic E-state index is 12.5. The summed E-state index contributed by atoms with van der Waals surface area (Å²) in [5, 5.41) is 9.69. The zero-order valence-corrected chi connectivity index (χ0v) is 14.2. The number of allylic oxidation sites excluding steroid dienone is 1. The predicted octanol–water partition coefficient (Wildman–Crippen LogP) is 2.05. The average molecular weight is 339 g/mol. The van der Waals surface area contributed by atoms with Gasteiger partial charge in [0.05, 0.1) is 12.4 Å². The number of nitrogens with zero attached hydrogens (tertiary/aromatic N) is 1. The van der Waals surface area contributed by atoms with Gasteiger partial charge >= 0.3 is 0 Å². The van der Waals surface area contributed by atoms with Crippen LogP contribution in [0.1, 0.15) is 19.3 Å². The summed E-state index contributed by atoms with van der Waals surface area (Å²) < 4.78 is 32.0. The van der Waals surface area contributed by atoms with Crippen LogP contribution in [0.3, 0.4) is 0 Å². The minimum atomic E-state index is -3.39. The van der Waals surface area contributed by atoms with Crippen molar-refractivity contribution in [2.75, 3.05) is 32.1 Å². The zero-order valence-electron chi connectivity index (χ0n) is 13.4. The molecule has 1 atom stereocenters. The van der Waals surface area contributed by atoms with Crippen LogP contribution in [0.2, 0.25) is 0 Å². The van der Waals surface area contributed by atoms with Crippen LogP contribution in [0.25, 0.3) is 0 Å². The Kier molecular flexibility index (Phi) is 6.21. The lowest BCUT2D eigenvalue weighted by Crippen LogP contribution is -2.48. The molecule has 1 aliphatic rings. The molecule has 1 aromatic carbocycles. The molecule has 0 amide bonds. The first-order chi connectivity index (χ1) is 11.0. The summed E-state index contributed by atoms with van der Waals surface area (Å²) in [7, 11) is -3.39. The van der Waals surface area contributed by atoms with Crippen LogP contribution in [-0.4, -0.2) is 49.9 Å². The molecule has 1 N–H and O–H groups in total. The molecule has 0 aliphatic carbocycles. The molecule has 6 heteroatoms. The first kappa shape index (κ1) is 18.0. The van der Waals surface area contributed by atoms with E-state index in [4.69, 9.17) is 4.74 Å². The fraction of sp³-hybridized carbons (Fsp3) is 0.529. The second-order valence-corrected chi connectivity index (χ2v) is 8.15. The third-order valence-corrected chi connectivity index (χ3v) is 6.07. The number of benzene rings is 1. The molecule has 128 valence electrons. The quantitative estimate of drug-likeness (QED) is 0.736. The molecular weight excluding hydrogens is 314 g/mol.